The molecule has 0 bridgehead atoms. The molecule has 2 rings (SSSR count). The van der Waals surface area contributed by atoms with E-state index in [9.17, 15) is 14.0 Å². The van der Waals surface area contributed by atoms with Crippen LogP contribution in [0.4, 0.5) is 4.39 Å². The number of hydrogen-bond donors (Lipinski definition) is 2. The maximum absolute atomic E-state index is 13.4. The normalized spacial score (nSPS) is 11.9. The summed E-state index contributed by atoms with van der Waals surface area (Å²) in [6.07, 6.45) is 3.06. The number of carbonyl (C=O) groups excluding carboxylic acids is 1. The predicted octanol–water partition coefficient (Wildman–Crippen LogP) is 1.62. The summed E-state index contributed by atoms with van der Waals surface area (Å²) < 4.78 is 14.7. The van der Waals surface area contributed by atoms with Gasteiger partial charge in [0.15, 0.2) is 6.04 Å². The van der Waals surface area contributed by atoms with Crippen molar-refractivity contribution in [3.8, 4) is 0 Å². The topological polar surface area (TPSA) is 84.2 Å². The molecule has 0 saturated heterocycles. The number of aromatic nitrogens is 2. The second kappa shape index (κ2) is 6.36. The monoisotopic (exact) mass is 311 g/mol. The highest BCUT2D eigenvalue weighted by atomic mass is 35.5. The number of nitrogens with one attached hydrogen (secondary N) is 1. The number of hydrogen-bond acceptors (Lipinski definition) is 3. The van der Waals surface area contributed by atoms with Gasteiger partial charge in [-0.1, -0.05) is 17.7 Å². The average Bonchev–Trinajstić information content (AvgIpc) is 2.92. The van der Waals surface area contributed by atoms with Crippen molar-refractivity contribution in [3.63, 3.8) is 0 Å². The summed E-state index contributed by atoms with van der Waals surface area (Å²) in [5.41, 5.74) is 0.0956. The number of aliphatic carboxylic acids is 1. The van der Waals surface area contributed by atoms with Gasteiger partial charge in [-0.2, -0.15) is 5.10 Å². The zero-order chi connectivity index (χ0) is 15.4. The molecule has 0 aliphatic rings. The van der Waals surface area contributed by atoms with Gasteiger partial charge in [-0.25, -0.2) is 9.18 Å². The first-order valence-electron chi connectivity index (χ1n) is 5.92. The quantitative estimate of drug-likeness (QED) is 0.879. The highest BCUT2D eigenvalue weighted by Gasteiger charge is 2.23. The highest BCUT2D eigenvalue weighted by Crippen LogP contribution is 2.20. The molecule has 0 saturated carbocycles. The lowest BCUT2D eigenvalue weighted by Crippen LogP contribution is -2.36. The molecule has 1 aromatic carbocycles. The van der Waals surface area contributed by atoms with Gasteiger partial charge < -0.3 is 10.4 Å². The summed E-state index contributed by atoms with van der Waals surface area (Å²) in [6, 6.07) is 3.84. The zero-order valence-corrected chi connectivity index (χ0v) is 11.4. The van der Waals surface area contributed by atoms with Crippen molar-refractivity contribution in [3.05, 3.63) is 53.1 Å². The van der Waals surface area contributed by atoms with Crippen LogP contribution in [0.3, 0.4) is 0 Å². The molecule has 2 aromatic rings. The SMILES string of the molecule is O=C(Cn1cccn1)NC(C(=O)O)c1ccc(Cl)c(F)c1. The van der Waals surface area contributed by atoms with Crippen LogP contribution in [0.5, 0.6) is 0 Å². The first-order valence-corrected chi connectivity index (χ1v) is 6.29. The minimum Gasteiger partial charge on any atom is -0.479 e. The molecule has 0 radical (unpaired) electrons. The van der Waals surface area contributed by atoms with Gasteiger partial charge in [0.1, 0.15) is 12.4 Å². The first kappa shape index (κ1) is 15.0. The van der Waals surface area contributed by atoms with Crippen molar-refractivity contribution in [1.29, 1.82) is 0 Å². The van der Waals surface area contributed by atoms with Crippen LogP contribution >= 0.6 is 11.6 Å². The minimum atomic E-state index is -1.36. The lowest BCUT2D eigenvalue weighted by molar-refractivity contribution is -0.142. The Labute approximate surface area is 124 Å². The molecular weight excluding hydrogens is 301 g/mol. The van der Waals surface area contributed by atoms with E-state index in [0.29, 0.717) is 0 Å². The van der Waals surface area contributed by atoms with E-state index >= 15 is 0 Å². The van der Waals surface area contributed by atoms with E-state index in [1.807, 2.05) is 0 Å². The largest absolute Gasteiger partial charge is 0.479 e. The Morgan fingerprint density at radius 1 is 1.48 bits per heavy atom. The van der Waals surface area contributed by atoms with Crippen molar-refractivity contribution in [2.24, 2.45) is 0 Å². The van der Waals surface area contributed by atoms with Crippen LogP contribution in [0.15, 0.2) is 36.7 Å². The average molecular weight is 312 g/mol. The van der Waals surface area contributed by atoms with E-state index in [-0.39, 0.29) is 17.1 Å². The second-order valence-electron chi connectivity index (χ2n) is 4.22. The Kier molecular flexibility index (Phi) is 4.54. The molecule has 0 fully saturated rings. The van der Waals surface area contributed by atoms with Gasteiger partial charge in [0.05, 0.1) is 5.02 Å². The summed E-state index contributed by atoms with van der Waals surface area (Å²) in [5, 5.41) is 15.2. The number of amides is 1. The van der Waals surface area contributed by atoms with Gasteiger partial charge in [0, 0.05) is 12.4 Å². The Balaban J connectivity index is 2.13. The van der Waals surface area contributed by atoms with Crippen LogP contribution in [0, 0.1) is 5.82 Å². The van der Waals surface area contributed by atoms with Gasteiger partial charge in [0.2, 0.25) is 5.91 Å². The lowest BCUT2D eigenvalue weighted by Gasteiger charge is -2.15. The van der Waals surface area contributed by atoms with Crippen LogP contribution in [0.2, 0.25) is 5.02 Å². The summed E-state index contributed by atoms with van der Waals surface area (Å²) >= 11 is 5.54. The summed E-state index contributed by atoms with van der Waals surface area (Å²) in [5.74, 6) is -2.60. The van der Waals surface area contributed by atoms with E-state index in [4.69, 9.17) is 16.7 Å². The second-order valence-corrected chi connectivity index (χ2v) is 4.62. The fourth-order valence-electron chi connectivity index (χ4n) is 1.73. The third kappa shape index (κ3) is 3.79. The van der Waals surface area contributed by atoms with E-state index in [1.54, 1.807) is 12.3 Å². The number of carboxylic acid groups (broad SMARTS) is 1. The highest BCUT2D eigenvalue weighted by molar-refractivity contribution is 6.30. The molecular formula is C13H11ClFN3O3. The maximum atomic E-state index is 13.4. The van der Waals surface area contributed by atoms with Crippen molar-refractivity contribution < 1.29 is 19.1 Å². The van der Waals surface area contributed by atoms with E-state index in [0.717, 1.165) is 6.07 Å². The number of halogens is 2. The van der Waals surface area contributed by atoms with Crippen LogP contribution < -0.4 is 5.32 Å². The standard InChI is InChI=1S/C13H11ClFN3O3/c14-9-3-2-8(6-10(9)15)12(13(20)21)17-11(19)7-18-5-1-4-16-18/h1-6,12H,7H2,(H,17,19)(H,20,21). The molecule has 21 heavy (non-hydrogen) atoms. The third-order valence-electron chi connectivity index (χ3n) is 2.69. The minimum absolute atomic E-state index is 0.0956. The molecule has 1 atom stereocenters. The molecule has 0 aliphatic heterocycles. The van der Waals surface area contributed by atoms with E-state index < -0.39 is 23.7 Å². The molecule has 1 aromatic heterocycles. The number of rotatable bonds is 5. The summed E-state index contributed by atoms with van der Waals surface area (Å²) in [4.78, 5) is 23.0. The summed E-state index contributed by atoms with van der Waals surface area (Å²) in [6.45, 7) is -0.132. The summed E-state index contributed by atoms with van der Waals surface area (Å²) in [7, 11) is 0. The Morgan fingerprint density at radius 2 is 2.24 bits per heavy atom. The number of carbonyl (C=O) groups is 2. The Bertz CT molecular complexity index is 661. The van der Waals surface area contributed by atoms with Gasteiger partial charge in [-0.15, -0.1) is 0 Å². The van der Waals surface area contributed by atoms with E-state index in [1.165, 1.54) is 23.0 Å². The molecule has 8 heteroatoms. The fraction of sp³-hybridized carbons (Fsp3) is 0.154. The molecule has 0 spiro atoms. The van der Waals surface area contributed by atoms with Crippen molar-refractivity contribution >= 4 is 23.5 Å². The predicted molar refractivity (Wildman–Crippen MR) is 72.2 cm³/mol. The van der Waals surface area contributed by atoms with Crippen LogP contribution in [-0.4, -0.2) is 26.8 Å². The Morgan fingerprint density at radius 3 is 2.81 bits per heavy atom. The molecule has 1 amide bonds. The van der Waals surface area contributed by atoms with Crippen LogP contribution in [0.25, 0.3) is 0 Å². The van der Waals surface area contributed by atoms with Crippen molar-refractivity contribution in [1.82, 2.24) is 15.1 Å². The smallest absolute Gasteiger partial charge is 0.330 e. The van der Waals surface area contributed by atoms with Gasteiger partial charge >= 0.3 is 5.97 Å². The van der Waals surface area contributed by atoms with Crippen LogP contribution in [0.1, 0.15) is 11.6 Å². The molecule has 0 aliphatic carbocycles. The van der Waals surface area contributed by atoms with E-state index in [2.05, 4.69) is 10.4 Å². The number of nitrogens with zero attached hydrogens (tertiary/aromatic N) is 2. The molecule has 6 nitrogen and oxygen atoms in total. The molecule has 1 unspecified atom stereocenters. The molecule has 1 heterocycles. The van der Waals surface area contributed by atoms with Crippen molar-refractivity contribution in [2.75, 3.05) is 0 Å². The molecule has 110 valence electrons. The Hall–Kier alpha value is -2.41. The number of carboxylic acids is 1. The zero-order valence-electron chi connectivity index (χ0n) is 10.7. The number of benzene rings is 1. The van der Waals surface area contributed by atoms with Gasteiger partial charge in [-0.05, 0) is 23.8 Å². The fourth-order valence-corrected chi connectivity index (χ4v) is 1.84. The van der Waals surface area contributed by atoms with Crippen molar-refractivity contribution in [2.45, 2.75) is 12.6 Å². The van der Waals surface area contributed by atoms with Crippen LogP contribution in [-0.2, 0) is 16.1 Å². The molecule has 2 N–H and O–H groups in total. The van der Waals surface area contributed by atoms with Gasteiger partial charge in [-0.3, -0.25) is 9.48 Å². The lowest BCUT2D eigenvalue weighted by atomic mass is 10.1. The first-order chi connectivity index (χ1) is 9.97. The maximum Gasteiger partial charge on any atom is 0.330 e. The third-order valence-corrected chi connectivity index (χ3v) is 3.00. The van der Waals surface area contributed by atoms with Gasteiger partial charge in [0.25, 0.3) is 0 Å².